The van der Waals surface area contributed by atoms with E-state index in [1.807, 2.05) is 6.07 Å². The highest BCUT2D eigenvalue weighted by atomic mass is 16.7. The minimum Gasteiger partial charge on any atom is -0.512 e. The minimum absolute atomic E-state index is 0.00205. The summed E-state index contributed by atoms with van der Waals surface area (Å²) < 4.78 is 17.7. The fourth-order valence-electron chi connectivity index (χ4n) is 9.00. The van der Waals surface area contributed by atoms with Crippen molar-refractivity contribution in [2.24, 2.45) is 22.7 Å². The molecule has 1 aromatic rings. The number of rotatable bonds is 19. The molecule has 2 saturated carbocycles. The summed E-state index contributed by atoms with van der Waals surface area (Å²) in [7, 11) is 1.39. The van der Waals surface area contributed by atoms with Gasteiger partial charge in [-0.1, -0.05) is 69.4 Å². The van der Waals surface area contributed by atoms with Crippen molar-refractivity contribution in [3.05, 3.63) is 70.8 Å². The monoisotopic (exact) mass is 925 g/mol. The molecule has 1 aliphatic heterocycles. The fraction of sp³-hybridized carbons (Fsp3) is 0.609. The van der Waals surface area contributed by atoms with Crippen molar-refractivity contribution < 1.29 is 63.7 Å². The van der Waals surface area contributed by atoms with Crippen LogP contribution in [-0.4, -0.2) is 147 Å². The van der Waals surface area contributed by atoms with Crippen LogP contribution in [-0.2, 0) is 40.0 Å². The first-order valence-corrected chi connectivity index (χ1v) is 22.6. The Bertz CT molecular complexity index is 1980. The molecule has 3 aliphatic carbocycles. The topological polar surface area (TPSA) is 295 Å². The lowest BCUT2D eigenvalue weighted by Gasteiger charge is -2.48. The van der Waals surface area contributed by atoms with Gasteiger partial charge >= 0.3 is 12.1 Å². The maximum atomic E-state index is 13.6. The van der Waals surface area contributed by atoms with E-state index in [1.165, 1.54) is 19.3 Å². The number of hydrogen-bond donors (Lipinski definition) is 9. The molecular formula is C46H67N7O13. The van der Waals surface area contributed by atoms with E-state index in [1.54, 1.807) is 38.1 Å². The number of carbonyl (C=O) groups excluding carboxylic acids is 4. The Balaban J connectivity index is 1.32. The predicted molar refractivity (Wildman–Crippen MR) is 240 cm³/mol. The largest absolute Gasteiger partial charge is 0.512 e. The molecule has 10 N–H and O–H groups in total. The number of carboxylic acid groups (broad SMARTS) is 1. The second kappa shape index (κ2) is 23.9. The number of benzene rings is 1. The maximum Gasteiger partial charge on any atom is 0.410 e. The Kier molecular flexibility index (Phi) is 18.7. The molecule has 20 heteroatoms. The highest BCUT2D eigenvalue weighted by molar-refractivity contribution is 5.94. The number of aliphatic hydroxyl groups excluding tert-OH is 4. The summed E-state index contributed by atoms with van der Waals surface area (Å²) >= 11 is 0. The van der Waals surface area contributed by atoms with Crippen LogP contribution in [0, 0.1) is 11.8 Å². The van der Waals surface area contributed by atoms with Crippen LogP contribution in [0.5, 0.6) is 0 Å². The van der Waals surface area contributed by atoms with Gasteiger partial charge in [0.2, 0.25) is 17.7 Å². The van der Waals surface area contributed by atoms with E-state index in [0.29, 0.717) is 36.1 Å². The van der Waals surface area contributed by atoms with E-state index in [-0.39, 0.29) is 37.0 Å². The molecular weight excluding hydrogens is 859 g/mol. The van der Waals surface area contributed by atoms with Crippen LogP contribution in [0.25, 0.3) is 0 Å². The lowest BCUT2D eigenvalue weighted by Crippen LogP contribution is -2.69. The standard InChI is InChI=1S/C46H67N7O13/c1-27-19-31(20-28(2)40(27)58)43(60)49-22-35(55)41(59)42-39(51-38(57)25-53(47)23-33(48-3)30-15-9-6-10-16-30)34(54)21-46(66-42,44(61)62)65-36-18-12-11-17-32(36)50-37(56)24-52(4)45(63)64-26-29-13-7-5-8-14-29/h5,7-8,13-14,19,23,28,30,32,34-36,39,41-42,54-55,58-59H,3,6,9-12,15-18,20-22,24-26,47H2,1-2,4H3,(H,49,60)(H,50,56)(H,51,57)(H,61,62)/b33-23-/t28?,32?,34-,35+,36?,39+,41+,42?,46+/m0/s1. The third-order valence-corrected chi connectivity index (χ3v) is 12.6. The summed E-state index contributed by atoms with van der Waals surface area (Å²) in [5.74, 6) is -0.160. The summed E-state index contributed by atoms with van der Waals surface area (Å²) in [5, 5.41) is 64.9. The number of allylic oxidation sites excluding steroid dienone is 4. The van der Waals surface area contributed by atoms with E-state index in [4.69, 9.17) is 20.1 Å². The van der Waals surface area contributed by atoms with Gasteiger partial charge in [-0.3, -0.25) is 19.4 Å². The summed E-state index contributed by atoms with van der Waals surface area (Å²) in [6.07, 6.45) is -0.0635. The van der Waals surface area contributed by atoms with Crippen molar-refractivity contribution in [2.75, 3.05) is 26.7 Å². The molecule has 1 aromatic carbocycles. The number of hydrazine groups is 1. The van der Waals surface area contributed by atoms with Gasteiger partial charge in [0.25, 0.3) is 5.79 Å². The molecule has 1 saturated heterocycles. The van der Waals surface area contributed by atoms with Crippen molar-refractivity contribution in [1.82, 2.24) is 25.9 Å². The molecule has 0 radical (unpaired) electrons. The second-order valence-corrected chi connectivity index (χ2v) is 17.8. The van der Waals surface area contributed by atoms with Crippen molar-refractivity contribution in [3.8, 4) is 0 Å². The number of nitrogens with zero attached hydrogens (tertiary/aromatic N) is 3. The number of likely N-dealkylation sites (N-methyl/N-ethyl adjacent to an activating group) is 1. The number of aliphatic carboxylic acids is 1. The van der Waals surface area contributed by atoms with E-state index in [9.17, 15) is 49.5 Å². The molecule has 4 amide bonds. The van der Waals surface area contributed by atoms with Gasteiger partial charge in [0, 0.05) is 43.6 Å². The van der Waals surface area contributed by atoms with Crippen LogP contribution < -0.4 is 21.8 Å². The zero-order valence-corrected chi connectivity index (χ0v) is 38.0. The van der Waals surface area contributed by atoms with Crippen molar-refractivity contribution >= 4 is 36.5 Å². The Morgan fingerprint density at radius 2 is 1.68 bits per heavy atom. The first-order chi connectivity index (χ1) is 31.4. The molecule has 0 aromatic heterocycles. The molecule has 9 atom stereocenters. The average Bonchev–Trinajstić information content (AvgIpc) is 3.29. The maximum absolute atomic E-state index is 13.6. The number of amides is 4. The van der Waals surface area contributed by atoms with Crippen LogP contribution in [0.2, 0.25) is 0 Å². The van der Waals surface area contributed by atoms with Gasteiger partial charge in [-0.2, -0.15) is 0 Å². The fourth-order valence-corrected chi connectivity index (χ4v) is 9.00. The number of nitrogens with one attached hydrogen (secondary N) is 3. The van der Waals surface area contributed by atoms with Gasteiger partial charge in [0.1, 0.15) is 31.9 Å². The summed E-state index contributed by atoms with van der Waals surface area (Å²) in [4.78, 5) is 71.2. The molecule has 66 heavy (non-hydrogen) atoms. The highest BCUT2D eigenvalue weighted by Crippen LogP contribution is 2.37. The van der Waals surface area contributed by atoms with Gasteiger partial charge < -0.3 is 65.6 Å². The molecule has 5 rings (SSSR count). The lowest BCUT2D eigenvalue weighted by atomic mass is 9.87. The van der Waals surface area contributed by atoms with E-state index in [0.717, 1.165) is 47.6 Å². The van der Waals surface area contributed by atoms with Crippen molar-refractivity contribution in [2.45, 2.75) is 139 Å². The number of nitrogens with two attached hydrogens (primary N) is 1. The number of hydrogen-bond acceptors (Lipinski definition) is 15. The van der Waals surface area contributed by atoms with Gasteiger partial charge in [-0.25, -0.2) is 15.4 Å². The molecule has 4 unspecified atom stereocenters. The third kappa shape index (κ3) is 13.8. The van der Waals surface area contributed by atoms with Gasteiger partial charge in [0.05, 0.1) is 41.9 Å². The summed E-state index contributed by atoms with van der Waals surface area (Å²) in [6, 6.07) is 6.69. The third-order valence-electron chi connectivity index (χ3n) is 12.6. The molecule has 4 aliphatic rings. The molecule has 3 fully saturated rings. The summed E-state index contributed by atoms with van der Waals surface area (Å²) in [5.41, 5.74) is 2.18. The van der Waals surface area contributed by atoms with Crippen LogP contribution in [0.3, 0.4) is 0 Å². The highest BCUT2D eigenvalue weighted by Gasteiger charge is 2.57. The zero-order chi connectivity index (χ0) is 48.1. The first kappa shape index (κ1) is 51.6. The van der Waals surface area contributed by atoms with Gasteiger partial charge in [0.15, 0.2) is 0 Å². The number of ether oxygens (including phenoxy) is 3. The summed E-state index contributed by atoms with van der Waals surface area (Å²) in [6.45, 7) is 5.63. The van der Waals surface area contributed by atoms with Crippen LogP contribution in [0.4, 0.5) is 4.79 Å². The van der Waals surface area contributed by atoms with Crippen LogP contribution in [0.1, 0.15) is 90.0 Å². The van der Waals surface area contributed by atoms with Crippen LogP contribution >= 0.6 is 0 Å². The number of aliphatic hydroxyl groups is 4. The SMILES string of the molecule is C=N/C(=C\N(N)CC(=O)N[C@H]1C([C@H](O)[C@H](O)CNC(=O)C2=CC(C)=C(O)C(C)C2)O[C@@](OC2CCCCC2NC(=O)CN(C)C(=O)OCc2ccccc2)(C(=O)O)C[C@@H]1O)C1CCCCC1. The van der Waals surface area contributed by atoms with Gasteiger partial charge in [-0.05, 0) is 63.0 Å². The van der Waals surface area contributed by atoms with E-state index in [2.05, 4.69) is 27.7 Å². The molecule has 20 nitrogen and oxygen atoms in total. The van der Waals surface area contributed by atoms with Gasteiger partial charge in [-0.15, -0.1) is 0 Å². The predicted octanol–water partition coefficient (Wildman–Crippen LogP) is 2.05. The second-order valence-electron chi connectivity index (χ2n) is 17.8. The van der Waals surface area contributed by atoms with Crippen molar-refractivity contribution in [1.29, 1.82) is 0 Å². The zero-order valence-electron chi connectivity index (χ0n) is 38.0. The number of aliphatic imine (C=N–C) groups is 1. The van der Waals surface area contributed by atoms with E-state index >= 15 is 0 Å². The molecule has 0 bridgehead atoms. The van der Waals surface area contributed by atoms with Crippen LogP contribution in [0.15, 0.2) is 70.2 Å². The lowest BCUT2D eigenvalue weighted by molar-refractivity contribution is -0.325. The quantitative estimate of drug-likeness (QED) is 0.0545. The molecule has 1 heterocycles. The molecule has 364 valence electrons. The number of carbonyl (C=O) groups is 5. The molecule has 0 spiro atoms. The van der Waals surface area contributed by atoms with Crippen molar-refractivity contribution in [3.63, 3.8) is 0 Å². The normalized spacial score (nSPS) is 27.1. The van der Waals surface area contributed by atoms with E-state index < -0.39 is 104 Å². The number of carboxylic acids is 1. The average molecular weight is 926 g/mol. The minimum atomic E-state index is -2.68. The Morgan fingerprint density at radius 1 is 1.02 bits per heavy atom. The Labute approximate surface area is 384 Å². The smallest absolute Gasteiger partial charge is 0.410 e. The Hall–Kier alpha value is -5.38. The first-order valence-electron chi connectivity index (χ1n) is 22.6. The Morgan fingerprint density at radius 3 is 2.35 bits per heavy atom.